The zero-order valence-electron chi connectivity index (χ0n) is 18.4. The topological polar surface area (TPSA) is 72.9 Å². The van der Waals surface area contributed by atoms with Crippen LogP contribution in [0.15, 0.2) is 30.3 Å². The standard InChI is InChI=1S/C23H30N6O2S/c30-20-10-4-5-12-29(20)23-25-24-22(32-23)28-11-6-7-18(17-28)21(31)27-15-13-26(14-16-27)19-8-2-1-3-9-19/h1-3,8-9,18H,4-7,10-17H2/t18-/m0/s1. The molecule has 3 saturated heterocycles. The summed E-state index contributed by atoms with van der Waals surface area (Å²) < 4.78 is 0. The lowest BCUT2D eigenvalue weighted by molar-refractivity contribution is -0.136. The molecule has 3 aliphatic rings. The third-order valence-electron chi connectivity index (χ3n) is 6.71. The minimum Gasteiger partial charge on any atom is -0.368 e. The van der Waals surface area contributed by atoms with Crippen LogP contribution in [0.3, 0.4) is 0 Å². The minimum absolute atomic E-state index is 0.00371. The quantitative estimate of drug-likeness (QED) is 0.707. The number of benzene rings is 1. The number of rotatable bonds is 4. The van der Waals surface area contributed by atoms with E-state index in [-0.39, 0.29) is 17.7 Å². The van der Waals surface area contributed by atoms with Gasteiger partial charge in [0, 0.05) is 57.9 Å². The van der Waals surface area contributed by atoms with Crippen molar-refractivity contribution >= 4 is 39.1 Å². The van der Waals surface area contributed by atoms with E-state index in [9.17, 15) is 9.59 Å². The predicted molar refractivity (Wildman–Crippen MR) is 126 cm³/mol. The number of aromatic nitrogens is 2. The Balaban J connectivity index is 1.18. The molecule has 5 rings (SSSR count). The molecule has 0 saturated carbocycles. The number of para-hydroxylation sites is 1. The van der Waals surface area contributed by atoms with Gasteiger partial charge in [-0.1, -0.05) is 29.5 Å². The highest BCUT2D eigenvalue weighted by molar-refractivity contribution is 7.19. The van der Waals surface area contributed by atoms with E-state index in [1.54, 1.807) is 4.90 Å². The van der Waals surface area contributed by atoms with Crippen molar-refractivity contribution in [2.45, 2.75) is 32.1 Å². The first-order chi connectivity index (χ1) is 15.7. The Kier molecular flexibility index (Phi) is 6.25. The number of carbonyl (C=O) groups excluding carboxylic acids is 2. The van der Waals surface area contributed by atoms with Crippen LogP contribution in [0.5, 0.6) is 0 Å². The first-order valence-electron chi connectivity index (χ1n) is 11.7. The third-order valence-corrected chi connectivity index (χ3v) is 7.72. The second-order valence-electron chi connectivity index (χ2n) is 8.80. The van der Waals surface area contributed by atoms with Gasteiger partial charge < -0.3 is 14.7 Å². The first-order valence-corrected chi connectivity index (χ1v) is 12.5. The van der Waals surface area contributed by atoms with E-state index in [1.165, 1.54) is 17.0 Å². The van der Waals surface area contributed by atoms with Crippen LogP contribution in [0.2, 0.25) is 0 Å². The monoisotopic (exact) mass is 454 g/mol. The minimum atomic E-state index is -0.00371. The summed E-state index contributed by atoms with van der Waals surface area (Å²) >= 11 is 1.47. The van der Waals surface area contributed by atoms with Gasteiger partial charge in [-0.15, -0.1) is 10.2 Å². The molecule has 4 heterocycles. The maximum Gasteiger partial charge on any atom is 0.228 e. The average molecular weight is 455 g/mol. The van der Waals surface area contributed by atoms with Crippen LogP contribution >= 0.6 is 11.3 Å². The van der Waals surface area contributed by atoms with Crippen molar-refractivity contribution in [1.82, 2.24) is 15.1 Å². The lowest BCUT2D eigenvalue weighted by atomic mass is 9.96. The molecule has 0 unspecified atom stereocenters. The Morgan fingerprint density at radius 1 is 0.875 bits per heavy atom. The van der Waals surface area contributed by atoms with Crippen LogP contribution in [-0.4, -0.2) is 72.7 Å². The Bertz CT molecular complexity index is 943. The highest BCUT2D eigenvalue weighted by atomic mass is 32.1. The molecule has 9 heteroatoms. The van der Waals surface area contributed by atoms with E-state index in [2.05, 4.69) is 44.3 Å². The molecule has 0 aliphatic carbocycles. The van der Waals surface area contributed by atoms with Crippen molar-refractivity contribution in [3.05, 3.63) is 30.3 Å². The fourth-order valence-electron chi connectivity index (χ4n) is 4.89. The molecule has 3 fully saturated rings. The normalized spacial score (nSPS) is 22.4. The second kappa shape index (κ2) is 9.44. The lowest BCUT2D eigenvalue weighted by Crippen LogP contribution is -2.52. The molecule has 0 N–H and O–H groups in total. The van der Waals surface area contributed by atoms with Crippen LogP contribution in [0, 0.1) is 5.92 Å². The Morgan fingerprint density at radius 3 is 2.44 bits per heavy atom. The van der Waals surface area contributed by atoms with Crippen molar-refractivity contribution in [3.63, 3.8) is 0 Å². The molecule has 1 aromatic carbocycles. The van der Waals surface area contributed by atoms with Gasteiger partial charge in [0.1, 0.15) is 0 Å². The van der Waals surface area contributed by atoms with Gasteiger partial charge >= 0.3 is 0 Å². The molecule has 32 heavy (non-hydrogen) atoms. The molecule has 170 valence electrons. The van der Waals surface area contributed by atoms with Crippen molar-refractivity contribution in [2.75, 3.05) is 60.5 Å². The number of amides is 2. The van der Waals surface area contributed by atoms with Crippen LogP contribution in [-0.2, 0) is 9.59 Å². The number of piperidine rings is 2. The predicted octanol–water partition coefficient (Wildman–Crippen LogP) is 2.62. The van der Waals surface area contributed by atoms with E-state index in [1.807, 2.05) is 11.0 Å². The van der Waals surface area contributed by atoms with Crippen LogP contribution in [0.25, 0.3) is 0 Å². The smallest absolute Gasteiger partial charge is 0.228 e. The van der Waals surface area contributed by atoms with Gasteiger partial charge in [-0.2, -0.15) is 0 Å². The van der Waals surface area contributed by atoms with Gasteiger partial charge in [0.05, 0.1) is 5.92 Å². The fraction of sp³-hybridized carbons (Fsp3) is 0.565. The fourth-order valence-corrected chi connectivity index (χ4v) is 5.81. The largest absolute Gasteiger partial charge is 0.368 e. The first kappa shape index (κ1) is 21.2. The summed E-state index contributed by atoms with van der Waals surface area (Å²) in [5.41, 5.74) is 1.22. The lowest BCUT2D eigenvalue weighted by Gasteiger charge is -2.39. The average Bonchev–Trinajstić information content (AvgIpc) is 3.35. The summed E-state index contributed by atoms with van der Waals surface area (Å²) in [5, 5.41) is 10.2. The van der Waals surface area contributed by atoms with E-state index in [4.69, 9.17) is 0 Å². The van der Waals surface area contributed by atoms with Crippen LogP contribution < -0.4 is 14.7 Å². The molecule has 0 radical (unpaired) electrons. The zero-order chi connectivity index (χ0) is 21.9. The molecule has 2 aromatic rings. The molecular formula is C23H30N6O2S. The van der Waals surface area contributed by atoms with Crippen molar-refractivity contribution in [1.29, 1.82) is 0 Å². The summed E-state index contributed by atoms with van der Waals surface area (Å²) in [4.78, 5) is 33.8. The number of anilines is 3. The van der Waals surface area contributed by atoms with E-state index < -0.39 is 0 Å². The zero-order valence-corrected chi connectivity index (χ0v) is 19.2. The van der Waals surface area contributed by atoms with Gasteiger partial charge in [-0.3, -0.25) is 14.5 Å². The third kappa shape index (κ3) is 4.44. The summed E-state index contributed by atoms with van der Waals surface area (Å²) in [7, 11) is 0. The van der Waals surface area contributed by atoms with E-state index >= 15 is 0 Å². The van der Waals surface area contributed by atoms with Crippen molar-refractivity contribution in [2.24, 2.45) is 5.92 Å². The van der Waals surface area contributed by atoms with Gasteiger partial charge in [0.2, 0.25) is 22.1 Å². The highest BCUT2D eigenvalue weighted by Gasteiger charge is 2.33. The molecule has 2 amide bonds. The molecule has 8 nitrogen and oxygen atoms in total. The van der Waals surface area contributed by atoms with Crippen LogP contribution in [0.4, 0.5) is 16.0 Å². The van der Waals surface area contributed by atoms with Crippen molar-refractivity contribution < 1.29 is 9.59 Å². The molecule has 1 aromatic heterocycles. The van der Waals surface area contributed by atoms with Gasteiger partial charge in [0.15, 0.2) is 0 Å². The molecule has 0 spiro atoms. The molecule has 3 aliphatic heterocycles. The summed E-state index contributed by atoms with van der Waals surface area (Å²) in [5.74, 6) is 0.398. The van der Waals surface area contributed by atoms with Gasteiger partial charge in [0.25, 0.3) is 0 Å². The van der Waals surface area contributed by atoms with E-state index in [0.29, 0.717) is 18.1 Å². The van der Waals surface area contributed by atoms with Gasteiger partial charge in [-0.05, 0) is 37.8 Å². The SMILES string of the molecule is O=C([C@H]1CCCN(c2nnc(N3CCCCC3=O)s2)C1)N1CCN(c2ccccc2)CC1. The van der Waals surface area contributed by atoms with Gasteiger partial charge in [-0.25, -0.2) is 0 Å². The Labute approximate surface area is 192 Å². The van der Waals surface area contributed by atoms with Crippen molar-refractivity contribution in [3.8, 4) is 0 Å². The number of hydrogen-bond acceptors (Lipinski definition) is 7. The van der Waals surface area contributed by atoms with E-state index in [0.717, 1.165) is 70.1 Å². The molecule has 1 atom stereocenters. The second-order valence-corrected chi connectivity index (χ2v) is 9.74. The molecular weight excluding hydrogens is 424 g/mol. The Morgan fingerprint density at radius 2 is 1.66 bits per heavy atom. The summed E-state index contributed by atoms with van der Waals surface area (Å²) in [6, 6.07) is 10.4. The number of nitrogens with zero attached hydrogens (tertiary/aromatic N) is 6. The molecule has 0 bridgehead atoms. The number of piperazine rings is 1. The highest BCUT2D eigenvalue weighted by Crippen LogP contribution is 2.32. The Hall–Kier alpha value is -2.68. The maximum atomic E-state index is 13.3. The number of carbonyl (C=O) groups is 2. The van der Waals surface area contributed by atoms with Crippen LogP contribution in [0.1, 0.15) is 32.1 Å². The summed E-state index contributed by atoms with van der Waals surface area (Å²) in [6.07, 6.45) is 4.45. The maximum absolute atomic E-state index is 13.3. The summed E-state index contributed by atoms with van der Waals surface area (Å²) in [6.45, 7) is 5.57. The number of hydrogen-bond donors (Lipinski definition) is 0.